The summed E-state index contributed by atoms with van der Waals surface area (Å²) in [7, 11) is -5.66. The predicted molar refractivity (Wildman–Crippen MR) is 56.4 cm³/mol. The van der Waals surface area contributed by atoms with E-state index in [1.165, 1.54) is 0 Å². The van der Waals surface area contributed by atoms with Crippen molar-refractivity contribution in [2.75, 3.05) is 0 Å². The van der Waals surface area contributed by atoms with Gasteiger partial charge in [0.15, 0.2) is 0 Å². The van der Waals surface area contributed by atoms with Crippen LogP contribution >= 0.6 is 0 Å². The van der Waals surface area contributed by atoms with E-state index in [1.807, 2.05) is 26.2 Å². The molecular weight excluding hydrogens is 419 g/mol. The Bertz CT molecular complexity index is 112. The molecule has 0 amide bonds. The van der Waals surface area contributed by atoms with Crippen molar-refractivity contribution in [3.63, 3.8) is 0 Å². The maximum Gasteiger partial charge on any atom is 0.300 e. The van der Waals surface area contributed by atoms with Gasteiger partial charge in [-0.2, -0.15) is 0 Å². The van der Waals surface area contributed by atoms with Crippen LogP contribution in [0, 0.1) is 0 Å². The third-order valence-electron chi connectivity index (χ3n) is 1.53. The molecule has 0 unspecified atom stereocenters. The van der Waals surface area contributed by atoms with E-state index in [9.17, 15) is 0 Å². The van der Waals surface area contributed by atoms with Gasteiger partial charge in [-0.15, -0.1) is 0 Å². The van der Waals surface area contributed by atoms with Crippen LogP contribution in [0.5, 0.6) is 0 Å². The van der Waals surface area contributed by atoms with Gasteiger partial charge >= 0.3 is 0 Å². The Morgan fingerprint density at radius 3 is 0.846 bits per heavy atom. The number of rotatable bonds is 0. The van der Waals surface area contributed by atoms with Crippen molar-refractivity contribution in [2.24, 2.45) is 0 Å². The minimum atomic E-state index is -1.42. The quantitative estimate of drug-likeness (QED) is 0.480. The van der Waals surface area contributed by atoms with Crippen molar-refractivity contribution in [1.82, 2.24) is 0 Å². The van der Waals surface area contributed by atoms with E-state index in [1.54, 1.807) is 0 Å². The minimum absolute atomic E-state index is 0. The summed E-state index contributed by atoms with van der Waals surface area (Å²) >= 11 is 0. The first kappa shape index (κ1) is 14.4. The standard InChI is InChI=1S/C4H16O4Si4.Pt/c1-9-5-10(2)7-12(4)8-11(3)6-9;/h9-12H,1-4H3;. The van der Waals surface area contributed by atoms with Crippen LogP contribution in [0.1, 0.15) is 0 Å². The summed E-state index contributed by atoms with van der Waals surface area (Å²) in [6, 6.07) is 0. The first-order chi connectivity index (χ1) is 5.58. The fourth-order valence-electron chi connectivity index (χ4n) is 1.21. The Hall–Kier alpha value is 1.40. The van der Waals surface area contributed by atoms with Crippen molar-refractivity contribution in [2.45, 2.75) is 26.2 Å². The van der Waals surface area contributed by atoms with Crippen LogP contribution in [0.4, 0.5) is 0 Å². The first-order valence-electron chi connectivity index (χ1n) is 4.20. The fraction of sp³-hybridized carbons (Fsp3) is 1.00. The van der Waals surface area contributed by atoms with Crippen molar-refractivity contribution in [3.8, 4) is 0 Å². The molecule has 9 heteroatoms. The van der Waals surface area contributed by atoms with Crippen LogP contribution in [0.2, 0.25) is 26.2 Å². The molecule has 1 aliphatic heterocycles. The maximum absolute atomic E-state index is 5.65. The molecule has 1 aliphatic rings. The molecule has 0 saturated carbocycles. The van der Waals surface area contributed by atoms with Gasteiger partial charge in [0.25, 0.3) is 37.1 Å². The van der Waals surface area contributed by atoms with E-state index in [4.69, 9.17) is 16.5 Å². The Morgan fingerprint density at radius 2 is 0.692 bits per heavy atom. The molecule has 82 valence electrons. The van der Waals surface area contributed by atoms with Gasteiger partial charge < -0.3 is 16.5 Å². The molecule has 0 aliphatic carbocycles. The molecule has 4 nitrogen and oxygen atoms in total. The number of hydrogen-bond acceptors (Lipinski definition) is 4. The molecule has 1 rings (SSSR count). The predicted octanol–water partition coefficient (Wildman–Crippen LogP) is -0.535. The van der Waals surface area contributed by atoms with Gasteiger partial charge in [0.1, 0.15) is 0 Å². The zero-order chi connectivity index (χ0) is 9.14. The Kier molecular flexibility index (Phi) is 7.53. The second-order valence-electron chi connectivity index (χ2n) is 2.81. The second kappa shape index (κ2) is 6.80. The van der Waals surface area contributed by atoms with Crippen molar-refractivity contribution < 1.29 is 37.5 Å². The van der Waals surface area contributed by atoms with E-state index < -0.39 is 37.1 Å². The van der Waals surface area contributed by atoms with E-state index in [-0.39, 0.29) is 21.1 Å². The third-order valence-corrected chi connectivity index (χ3v) is 13.8. The largest absolute Gasteiger partial charge is 0.420 e. The summed E-state index contributed by atoms with van der Waals surface area (Å²) in [6.07, 6.45) is 0. The summed E-state index contributed by atoms with van der Waals surface area (Å²) in [5.41, 5.74) is 0. The van der Waals surface area contributed by atoms with E-state index >= 15 is 0 Å². The van der Waals surface area contributed by atoms with Crippen LogP contribution in [0.15, 0.2) is 0 Å². The van der Waals surface area contributed by atoms with Gasteiger partial charge in [-0.3, -0.25) is 0 Å². The van der Waals surface area contributed by atoms with Gasteiger partial charge in [0.2, 0.25) is 0 Å². The average molecular weight is 436 g/mol. The van der Waals surface area contributed by atoms with E-state index in [0.29, 0.717) is 0 Å². The molecule has 0 atom stereocenters. The topological polar surface area (TPSA) is 36.9 Å². The summed E-state index contributed by atoms with van der Waals surface area (Å²) in [6.45, 7) is 8.16. The molecular formula is C4H16O4PtSi4. The fourth-order valence-corrected chi connectivity index (χ4v) is 13.2. The molecule has 0 aromatic carbocycles. The molecule has 1 saturated heterocycles. The van der Waals surface area contributed by atoms with Gasteiger partial charge in [0.05, 0.1) is 0 Å². The molecule has 1 heterocycles. The van der Waals surface area contributed by atoms with Crippen LogP contribution in [0.25, 0.3) is 0 Å². The van der Waals surface area contributed by atoms with Gasteiger partial charge in [-0.05, 0) is 26.2 Å². The van der Waals surface area contributed by atoms with Crippen LogP contribution < -0.4 is 0 Å². The molecule has 0 radical (unpaired) electrons. The molecule has 0 spiro atoms. The molecule has 1 fully saturated rings. The summed E-state index contributed by atoms with van der Waals surface area (Å²) < 4.78 is 22.6. The Morgan fingerprint density at radius 1 is 0.538 bits per heavy atom. The first-order valence-corrected chi connectivity index (χ1v) is 12.6. The summed E-state index contributed by atoms with van der Waals surface area (Å²) in [5, 5.41) is 0. The molecule has 0 aromatic heterocycles. The van der Waals surface area contributed by atoms with Crippen LogP contribution in [-0.4, -0.2) is 37.1 Å². The maximum atomic E-state index is 5.65. The minimum Gasteiger partial charge on any atom is -0.420 e. The average Bonchev–Trinajstić information content (AvgIpc) is 1.81. The van der Waals surface area contributed by atoms with E-state index in [0.717, 1.165) is 0 Å². The molecule has 0 N–H and O–H groups in total. The monoisotopic (exact) mass is 435 g/mol. The normalized spacial score (nSPS) is 41.5. The Balaban J connectivity index is 0.00000144. The smallest absolute Gasteiger partial charge is 0.300 e. The van der Waals surface area contributed by atoms with E-state index in [2.05, 4.69) is 0 Å². The van der Waals surface area contributed by atoms with Crippen LogP contribution in [0.3, 0.4) is 0 Å². The van der Waals surface area contributed by atoms with Crippen molar-refractivity contribution >= 4 is 37.1 Å². The zero-order valence-corrected chi connectivity index (χ0v) is 15.1. The Labute approximate surface area is 101 Å². The van der Waals surface area contributed by atoms with Gasteiger partial charge in [0, 0.05) is 21.1 Å². The molecule has 0 bridgehead atoms. The number of hydrogen-bond donors (Lipinski definition) is 0. The summed E-state index contributed by atoms with van der Waals surface area (Å²) in [4.78, 5) is 0. The molecule has 13 heavy (non-hydrogen) atoms. The second-order valence-corrected chi connectivity index (χ2v) is 11.7. The van der Waals surface area contributed by atoms with Gasteiger partial charge in [-0.25, -0.2) is 0 Å². The third kappa shape index (κ3) is 5.75. The van der Waals surface area contributed by atoms with Gasteiger partial charge in [-0.1, -0.05) is 0 Å². The zero-order valence-electron chi connectivity index (χ0n) is 8.26. The SMILES string of the molecule is C[SiH]1O[SiH](C)O[SiH](C)O[SiH](C)O1.[Pt]. The molecule has 0 aromatic rings. The summed E-state index contributed by atoms with van der Waals surface area (Å²) in [5.74, 6) is 0. The van der Waals surface area contributed by atoms with Crippen molar-refractivity contribution in [1.29, 1.82) is 0 Å². The van der Waals surface area contributed by atoms with Crippen LogP contribution in [-0.2, 0) is 37.5 Å². The van der Waals surface area contributed by atoms with Crippen molar-refractivity contribution in [3.05, 3.63) is 0 Å².